The highest BCUT2D eigenvalue weighted by molar-refractivity contribution is 6.05. The van der Waals surface area contributed by atoms with Crippen molar-refractivity contribution in [2.24, 2.45) is 10.7 Å². The van der Waals surface area contributed by atoms with Crippen LogP contribution in [-0.2, 0) is 4.79 Å². The average Bonchev–Trinajstić information content (AvgIpc) is 2.79. The number of nitrogens with two attached hydrogens (primary N) is 2. The van der Waals surface area contributed by atoms with Crippen molar-refractivity contribution >= 4 is 23.4 Å². The molecule has 8 heteroatoms. The van der Waals surface area contributed by atoms with E-state index in [1.807, 2.05) is 19.1 Å². The molecule has 5 N–H and O–H groups in total. The Bertz CT molecular complexity index is 955. The lowest BCUT2D eigenvalue weighted by Gasteiger charge is -2.30. The second kappa shape index (κ2) is 10.7. The van der Waals surface area contributed by atoms with Crippen molar-refractivity contribution in [1.82, 2.24) is 14.9 Å². The Labute approximate surface area is 189 Å². The maximum Gasteiger partial charge on any atom is 0.245 e. The largest absolute Gasteiger partial charge is 0.383 e. The number of allylic oxidation sites excluding steroid dienone is 4. The molecule has 1 amide bonds. The lowest BCUT2D eigenvalue weighted by atomic mass is 9.88. The summed E-state index contributed by atoms with van der Waals surface area (Å²) in [5, 5.41) is 3.51. The third-order valence-electron chi connectivity index (χ3n) is 6.00. The van der Waals surface area contributed by atoms with Crippen LogP contribution in [0.25, 0.3) is 0 Å². The van der Waals surface area contributed by atoms with Crippen LogP contribution >= 0.6 is 0 Å². The van der Waals surface area contributed by atoms with Crippen LogP contribution in [0, 0.1) is 0 Å². The highest BCUT2D eigenvalue weighted by Crippen LogP contribution is 2.30. The van der Waals surface area contributed by atoms with Crippen molar-refractivity contribution < 1.29 is 4.79 Å². The fourth-order valence-corrected chi connectivity index (χ4v) is 4.28. The summed E-state index contributed by atoms with van der Waals surface area (Å²) in [5.41, 5.74) is 15.7. The SMILES string of the molecule is C=CC(=O)N1CCC(N=C(N)c2c(N)ncnc2NC2CCC(C=C)=C(/C=C\C)C2)CC1. The Hall–Kier alpha value is -3.42. The lowest BCUT2D eigenvalue weighted by molar-refractivity contribution is -0.126. The Balaban J connectivity index is 1.76. The van der Waals surface area contributed by atoms with Gasteiger partial charge in [0.15, 0.2) is 0 Å². The molecule has 1 aliphatic heterocycles. The smallest absolute Gasteiger partial charge is 0.245 e. The number of carbonyl (C=O) groups is 1. The van der Waals surface area contributed by atoms with E-state index in [-0.39, 0.29) is 18.0 Å². The number of nitrogens with one attached hydrogen (secondary N) is 1. The quantitative estimate of drug-likeness (QED) is 0.344. The zero-order chi connectivity index (χ0) is 23.1. The molecule has 1 aliphatic carbocycles. The first-order chi connectivity index (χ1) is 15.5. The summed E-state index contributed by atoms with van der Waals surface area (Å²) in [4.78, 5) is 26.8. The van der Waals surface area contributed by atoms with Gasteiger partial charge in [-0.1, -0.05) is 31.4 Å². The van der Waals surface area contributed by atoms with Gasteiger partial charge in [0, 0.05) is 19.1 Å². The van der Waals surface area contributed by atoms with Gasteiger partial charge in [-0.05, 0) is 56.3 Å². The van der Waals surface area contributed by atoms with Crippen molar-refractivity contribution in [1.29, 1.82) is 0 Å². The average molecular weight is 436 g/mol. The van der Waals surface area contributed by atoms with Gasteiger partial charge < -0.3 is 21.7 Å². The second-order valence-corrected chi connectivity index (χ2v) is 8.10. The Morgan fingerprint density at radius 1 is 1.25 bits per heavy atom. The normalized spacial score (nSPS) is 20.5. The molecule has 2 aliphatic rings. The van der Waals surface area contributed by atoms with E-state index in [4.69, 9.17) is 16.5 Å². The van der Waals surface area contributed by atoms with Crippen LogP contribution in [0.4, 0.5) is 11.6 Å². The maximum absolute atomic E-state index is 11.8. The second-order valence-electron chi connectivity index (χ2n) is 8.10. The minimum absolute atomic E-state index is 0.0189. The number of hydrogen-bond acceptors (Lipinski definition) is 6. The number of aliphatic imine (C=N–C) groups is 1. The molecular formula is C24H33N7O. The lowest BCUT2D eigenvalue weighted by Crippen LogP contribution is -2.39. The molecule has 32 heavy (non-hydrogen) atoms. The molecule has 0 bridgehead atoms. The number of nitrogens with zero attached hydrogens (tertiary/aromatic N) is 4. The predicted molar refractivity (Wildman–Crippen MR) is 130 cm³/mol. The number of aromatic nitrogens is 2. The molecule has 1 saturated heterocycles. The molecular weight excluding hydrogens is 402 g/mol. The molecule has 0 aromatic carbocycles. The van der Waals surface area contributed by atoms with Gasteiger partial charge in [-0.3, -0.25) is 9.79 Å². The van der Waals surface area contributed by atoms with E-state index < -0.39 is 0 Å². The van der Waals surface area contributed by atoms with Crippen molar-refractivity contribution in [3.63, 3.8) is 0 Å². The van der Waals surface area contributed by atoms with Crippen LogP contribution < -0.4 is 16.8 Å². The molecule has 1 fully saturated rings. The molecule has 0 spiro atoms. The van der Waals surface area contributed by atoms with Gasteiger partial charge in [0.2, 0.25) is 5.91 Å². The molecule has 1 aromatic heterocycles. The van der Waals surface area contributed by atoms with Crippen LogP contribution in [0.15, 0.2) is 59.9 Å². The number of amidine groups is 1. The topological polar surface area (TPSA) is 123 Å². The number of carbonyl (C=O) groups excluding carboxylic acids is 1. The molecule has 1 aromatic rings. The summed E-state index contributed by atoms with van der Waals surface area (Å²) in [6, 6.07) is 0.212. The molecule has 0 radical (unpaired) electrons. The molecule has 0 saturated carbocycles. The van der Waals surface area contributed by atoms with Crippen LogP contribution in [-0.4, -0.2) is 51.8 Å². The molecule has 8 nitrogen and oxygen atoms in total. The minimum Gasteiger partial charge on any atom is -0.383 e. The standard InChI is InChI=1S/C24H33N7O/c1-4-7-17-14-19(9-8-16(17)5-2)30-24-21(22(25)27-15-28-24)23(26)29-18-10-12-31(13-11-18)20(32)6-3/h4-7,15,18-19H,2-3,8-14H2,1H3,(H2,26,29)(H3,25,27,28,30)/b7-4-. The summed E-state index contributed by atoms with van der Waals surface area (Å²) < 4.78 is 0. The zero-order valence-electron chi connectivity index (χ0n) is 18.8. The molecule has 170 valence electrons. The number of rotatable bonds is 7. The van der Waals surface area contributed by atoms with E-state index in [9.17, 15) is 4.79 Å². The van der Waals surface area contributed by atoms with E-state index >= 15 is 0 Å². The van der Waals surface area contributed by atoms with Gasteiger partial charge in [-0.25, -0.2) is 9.97 Å². The highest BCUT2D eigenvalue weighted by atomic mass is 16.2. The fraction of sp³-hybridized carbons (Fsp3) is 0.417. The van der Waals surface area contributed by atoms with Gasteiger partial charge in [-0.15, -0.1) is 0 Å². The highest BCUT2D eigenvalue weighted by Gasteiger charge is 2.24. The first-order valence-electron chi connectivity index (χ1n) is 11.1. The Kier molecular flexibility index (Phi) is 7.81. The molecule has 3 rings (SSSR count). The predicted octanol–water partition coefficient (Wildman–Crippen LogP) is 2.96. The van der Waals surface area contributed by atoms with E-state index in [0.29, 0.717) is 36.1 Å². The van der Waals surface area contributed by atoms with Gasteiger partial charge in [0.25, 0.3) is 0 Å². The number of piperidine rings is 1. The first-order valence-corrected chi connectivity index (χ1v) is 11.1. The summed E-state index contributed by atoms with van der Waals surface area (Å²) in [6.07, 6.45) is 13.2. The number of likely N-dealkylation sites (tertiary alicyclic amines) is 1. The molecule has 1 unspecified atom stereocenters. The molecule has 1 atom stereocenters. The summed E-state index contributed by atoms with van der Waals surface area (Å²) in [6.45, 7) is 10.8. The number of amides is 1. The van der Waals surface area contributed by atoms with E-state index in [1.54, 1.807) is 4.90 Å². The Morgan fingerprint density at radius 2 is 2.00 bits per heavy atom. The summed E-state index contributed by atoms with van der Waals surface area (Å²) >= 11 is 0. The Morgan fingerprint density at radius 3 is 2.66 bits per heavy atom. The van der Waals surface area contributed by atoms with Gasteiger partial charge in [0.1, 0.15) is 29.4 Å². The number of anilines is 2. The monoisotopic (exact) mass is 435 g/mol. The number of nitrogen functional groups attached to an aromatic ring is 1. The van der Waals surface area contributed by atoms with Crippen LogP contribution in [0.5, 0.6) is 0 Å². The van der Waals surface area contributed by atoms with Crippen molar-refractivity contribution in [2.75, 3.05) is 24.1 Å². The van der Waals surface area contributed by atoms with Crippen molar-refractivity contribution in [3.05, 3.63) is 60.5 Å². The third-order valence-corrected chi connectivity index (χ3v) is 6.00. The van der Waals surface area contributed by atoms with Crippen molar-refractivity contribution in [3.8, 4) is 0 Å². The van der Waals surface area contributed by atoms with E-state index in [1.165, 1.54) is 23.5 Å². The minimum atomic E-state index is -0.0500. The fourth-order valence-electron chi connectivity index (χ4n) is 4.28. The van der Waals surface area contributed by atoms with E-state index in [2.05, 4.69) is 34.5 Å². The molecule has 2 heterocycles. The van der Waals surface area contributed by atoms with Crippen LogP contribution in [0.1, 0.15) is 44.6 Å². The van der Waals surface area contributed by atoms with Crippen molar-refractivity contribution in [2.45, 2.75) is 51.1 Å². The van der Waals surface area contributed by atoms with Gasteiger partial charge in [-0.2, -0.15) is 0 Å². The van der Waals surface area contributed by atoms with Crippen LogP contribution in [0.2, 0.25) is 0 Å². The zero-order valence-corrected chi connectivity index (χ0v) is 18.8. The first kappa shape index (κ1) is 23.2. The third kappa shape index (κ3) is 5.43. The summed E-state index contributed by atoms with van der Waals surface area (Å²) in [5.74, 6) is 1.18. The maximum atomic E-state index is 11.8. The number of hydrogen-bond donors (Lipinski definition) is 3. The van der Waals surface area contributed by atoms with E-state index in [0.717, 1.165) is 32.1 Å². The van der Waals surface area contributed by atoms with Crippen LogP contribution in [0.3, 0.4) is 0 Å². The summed E-state index contributed by atoms with van der Waals surface area (Å²) in [7, 11) is 0. The van der Waals surface area contributed by atoms with Gasteiger partial charge in [0.05, 0.1) is 6.04 Å². The van der Waals surface area contributed by atoms with Gasteiger partial charge >= 0.3 is 0 Å².